The molecule has 1 aliphatic rings. The Morgan fingerprint density at radius 3 is 2.71 bits per heavy atom. The first-order chi connectivity index (χ1) is 8.06. The number of carbonyl (C=O) groups is 2. The van der Waals surface area contributed by atoms with Crippen LogP contribution in [0.3, 0.4) is 0 Å². The van der Waals surface area contributed by atoms with Crippen molar-refractivity contribution in [2.75, 3.05) is 17.3 Å². The quantitative estimate of drug-likeness (QED) is 0.670. The van der Waals surface area contributed by atoms with E-state index in [0.717, 1.165) is 0 Å². The van der Waals surface area contributed by atoms with Crippen LogP contribution in [0.25, 0.3) is 0 Å². The standard InChI is InChI=1S/C11H9Cl2NO3/c12-4-6(15)5-14-8-3-1-2-7(13)9(8)10(16)11(14)17/h1-3,6,15H,4-5H2. The van der Waals surface area contributed by atoms with Gasteiger partial charge in [0, 0.05) is 0 Å². The second kappa shape index (κ2) is 4.64. The SMILES string of the molecule is O=C1C(=O)N(CC(O)CCl)c2cccc(Cl)c21. The Balaban J connectivity index is 2.42. The number of rotatable bonds is 3. The molecule has 2 rings (SSSR count). The van der Waals surface area contributed by atoms with Gasteiger partial charge in [0.1, 0.15) is 0 Å². The number of hydrogen-bond donors (Lipinski definition) is 1. The molecular weight excluding hydrogens is 265 g/mol. The Hall–Kier alpha value is -1.10. The second-order valence-corrected chi connectivity index (χ2v) is 4.40. The minimum atomic E-state index is -0.877. The van der Waals surface area contributed by atoms with E-state index < -0.39 is 17.8 Å². The van der Waals surface area contributed by atoms with Crippen LogP contribution in [-0.4, -0.2) is 35.3 Å². The fourth-order valence-electron chi connectivity index (χ4n) is 1.74. The van der Waals surface area contributed by atoms with Crippen molar-refractivity contribution in [3.8, 4) is 0 Å². The number of nitrogens with zero attached hydrogens (tertiary/aromatic N) is 1. The lowest BCUT2D eigenvalue weighted by Gasteiger charge is -2.18. The Morgan fingerprint density at radius 2 is 2.06 bits per heavy atom. The molecule has 1 amide bonds. The van der Waals surface area contributed by atoms with Crippen molar-refractivity contribution in [2.45, 2.75) is 6.10 Å². The molecule has 1 N–H and O–H groups in total. The smallest absolute Gasteiger partial charge is 0.299 e. The third-order valence-corrected chi connectivity index (χ3v) is 3.19. The molecule has 0 fully saturated rings. The molecule has 4 nitrogen and oxygen atoms in total. The maximum Gasteiger partial charge on any atom is 0.299 e. The van der Waals surface area contributed by atoms with E-state index in [0.29, 0.717) is 5.69 Å². The summed E-state index contributed by atoms with van der Waals surface area (Å²) in [7, 11) is 0. The summed E-state index contributed by atoms with van der Waals surface area (Å²) in [5.74, 6) is -1.34. The molecular formula is C11H9Cl2NO3. The number of β-amino-alcohol motifs (C(OH)–C–C–N with tert-alkyl or cyclic N) is 1. The van der Waals surface area contributed by atoms with Crippen molar-refractivity contribution in [3.05, 3.63) is 28.8 Å². The van der Waals surface area contributed by atoms with E-state index in [-0.39, 0.29) is 23.0 Å². The number of amides is 1. The van der Waals surface area contributed by atoms with Crippen molar-refractivity contribution < 1.29 is 14.7 Å². The molecule has 0 saturated heterocycles. The molecule has 1 atom stereocenters. The largest absolute Gasteiger partial charge is 0.390 e. The van der Waals surface area contributed by atoms with Crippen molar-refractivity contribution in [2.24, 2.45) is 0 Å². The molecule has 1 unspecified atom stereocenters. The fourth-order valence-corrected chi connectivity index (χ4v) is 2.10. The lowest BCUT2D eigenvalue weighted by atomic mass is 10.1. The third kappa shape index (κ3) is 2.04. The van der Waals surface area contributed by atoms with Crippen LogP contribution in [0.4, 0.5) is 5.69 Å². The number of carbonyl (C=O) groups excluding carboxylic acids is 2. The average molecular weight is 274 g/mol. The van der Waals surface area contributed by atoms with Crippen LogP contribution in [0.5, 0.6) is 0 Å². The highest BCUT2D eigenvalue weighted by molar-refractivity contribution is 6.55. The zero-order valence-corrected chi connectivity index (χ0v) is 10.2. The highest BCUT2D eigenvalue weighted by Gasteiger charge is 2.37. The Morgan fingerprint density at radius 1 is 1.35 bits per heavy atom. The molecule has 6 heteroatoms. The number of anilines is 1. The molecule has 1 aromatic carbocycles. The predicted molar refractivity (Wildman–Crippen MR) is 64.9 cm³/mol. The van der Waals surface area contributed by atoms with Crippen molar-refractivity contribution in [1.82, 2.24) is 0 Å². The van der Waals surface area contributed by atoms with Gasteiger partial charge in [-0.05, 0) is 12.1 Å². The maximum absolute atomic E-state index is 11.7. The topological polar surface area (TPSA) is 57.6 Å². The summed E-state index contributed by atoms with van der Waals surface area (Å²) in [4.78, 5) is 24.6. The normalized spacial score (nSPS) is 16.3. The van der Waals surface area contributed by atoms with E-state index >= 15 is 0 Å². The summed E-state index contributed by atoms with van der Waals surface area (Å²) >= 11 is 11.4. The zero-order chi connectivity index (χ0) is 12.6. The first-order valence-corrected chi connectivity index (χ1v) is 5.86. The summed E-state index contributed by atoms with van der Waals surface area (Å²) in [6.07, 6.45) is -0.877. The first kappa shape index (κ1) is 12.4. The molecule has 17 heavy (non-hydrogen) atoms. The van der Waals surface area contributed by atoms with Gasteiger partial charge < -0.3 is 10.0 Å². The summed E-state index contributed by atoms with van der Waals surface area (Å²) in [5, 5.41) is 9.69. The number of hydrogen-bond acceptors (Lipinski definition) is 3. The van der Waals surface area contributed by atoms with Crippen molar-refractivity contribution in [1.29, 1.82) is 0 Å². The van der Waals surface area contributed by atoms with Gasteiger partial charge in [0.2, 0.25) is 0 Å². The van der Waals surface area contributed by atoms with Gasteiger partial charge in [-0.1, -0.05) is 17.7 Å². The van der Waals surface area contributed by atoms with E-state index in [4.69, 9.17) is 23.2 Å². The first-order valence-electron chi connectivity index (χ1n) is 4.95. The third-order valence-electron chi connectivity index (χ3n) is 2.52. The maximum atomic E-state index is 11.7. The molecule has 0 spiro atoms. The van der Waals surface area contributed by atoms with Crippen LogP contribution in [0.2, 0.25) is 5.02 Å². The lowest BCUT2D eigenvalue weighted by Crippen LogP contribution is -2.37. The molecule has 0 radical (unpaired) electrons. The highest BCUT2D eigenvalue weighted by atomic mass is 35.5. The lowest BCUT2D eigenvalue weighted by molar-refractivity contribution is -0.114. The van der Waals surface area contributed by atoms with Crippen LogP contribution < -0.4 is 4.90 Å². The van der Waals surface area contributed by atoms with Crippen LogP contribution >= 0.6 is 23.2 Å². The second-order valence-electron chi connectivity index (χ2n) is 3.69. The summed E-state index contributed by atoms with van der Waals surface area (Å²) < 4.78 is 0. The van der Waals surface area contributed by atoms with Gasteiger partial charge in [-0.3, -0.25) is 9.59 Å². The molecule has 0 aromatic heterocycles. The molecule has 90 valence electrons. The van der Waals surface area contributed by atoms with E-state index in [1.165, 1.54) is 4.90 Å². The van der Waals surface area contributed by atoms with Gasteiger partial charge in [0.25, 0.3) is 11.7 Å². The van der Waals surface area contributed by atoms with Gasteiger partial charge in [-0.25, -0.2) is 0 Å². The molecule has 1 heterocycles. The summed E-state index contributed by atoms with van der Waals surface area (Å²) in [6.45, 7) is -0.0125. The number of fused-ring (bicyclic) bond motifs is 1. The van der Waals surface area contributed by atoms with Gasteiger partial charge >= 0.3 is 0 Å². The summed E-state index contributed by atoms with van der Waals surface area (Å²) in [5.41, 5.74) is 0.623. The molecule has 0 bridgehead atoms. The van der Waals surface area contributed by atoms with Crippen LogP contribution in [0.15, 0.2) is 18.2 Å². The molecule has 1 aliphatic heterocycles. The Kier molecular flexibility index (Phi) is 3.38. The fraction of sp³-hybridized carbons (Fsp3) is 0.273. The number of ketones is 1. The van der Waals surface area contributed by atoms with Crippen LogP contribution in [-0.2, 0) is 4.79 Å². The zero-order valence-electron chi connectivity index (χ0n) is 8.69. The Labute approximate surface area is 108 Å². The number of aliphatic hydroxyl groups excluding tert-OH is 1. The number of alkyl halides is 1. The van der Waals surface area contributed by atoms with Crippen molar-refractivity contribution >= 4 is 40.6 Å². The minimum absolute atomic E-state index is 0.00608. The monoisotopic (exact) mass is 273 g/mol. The number of Topliss-reactive ketones (excluding diaryl/α,β-unsaturated/α-hetero) is 1. The van der Waals surface area contributed by atoms with E-state index in [2.05, 4.69) is 0 Å². The highest BCUT2D eigenvalue weighted by Crippen LogP contribution is 2.34. The van der Waals surface area contributed by atoms with Crippen molar-refractivity contribution in [3.63, 3.8) is 0 Å². The van der Waals surface area contributed by atoms with Gasteiger partial charge in [-0.15, -0.1) is 11.6 Å². The van der Waals surface area contributed by atoms with E-state index in [1.54, 1.807) is 18.2 Å². The number of aliphatic hydroxyl groups is 1. The number of benzene rings is 1. The molecule has 0 aliphatic carbocycles. The molecule has 0 saturated carbocycles. The van der Waals surface area contributed by atoms with Gasteiger partial charge in [0.05, 0.1) is 34.8 Å². The minimum Gasteiger partial charge on any atom is -0.390 e. The summed E-state index contributed by atoms with van der Waals surface area (Å²) in [6, 6.07) is 4.81. The average Bonchev–Trinajstić information content (AvgIpc) is 2.55. The van der Waals surface area contributed by atoms with E-state index in [9.17, 15) is 14.7 Å². The predicted octanol–water partition coefficient (Wildman–Crippen LogP) is 1.47. The van der Waals surface area contributed by atoms with Gasteiger partial charge in [0.15, 0.2) is 0 Å². The number of halogens is 2. The van der Waals surface area contributed by atoms with Crippen LogP contribution in [0.1, 0.15) is 10.4 Å². The van der Waals surface area contributed by atoms with Crippen LogP contribution in [0, 0.1) is 0 Å². The van der Waals surface area contributed by atoms with E-state index in [1.807, 2.05) is 0 Å². The Bertz CT molecular complexity index is 490. The van der Waals surface area contributed by atoms with Gasteiger partial charge in [-0.2, -0.15) is 0 Å². The molecule has 1 aromatic rings.